The Morgan fingerprint density at radius 2 is 2.36 bits per heavy atom. The summed E-state index contributed by atoms with van der Waals surface area (Å²) in [5.74, 6) is 0. The topological polar surface area (TPSA) is 90.0 Å². The Morgan fingerprint density at radius 3 is 2.93 bits per heavy atom. The minimum absolute atomic E-state index is 0.349. The Morgan fingerprint density at radius 1 is 1.64 bits per heavy atom. The lowest BCUT2D eigenvalue weighted by molar-refractivity contribution is 0.575. The van der Waals surface area contributed by atoms with E-state index < -0.39 is 10.0 Å². The number of imidazole rings is 1. The van der Waals surface area contributed by atoms with Crippen LogP contribution in [0.3, 0.4) is 0 Å². The normalized spacial score (nSPS) is 11.9. The average Bonchev–Trinajstić information content (AvgIpc) is 2.49. The molecule has 0 fully saturated rings. The Bertz CT molecular complexity index is 384. The predicted octanol–water partition coefficient (Wildman–Crippen LogP) is -1.11. The largest absolute Gasteiger partial charge is 0.332 e. The monoisotopic (exact) mass is 218 g/mol. The SMILES string of the molecule is CS(=O)(=O)NCCn1cncc1CN. The van der Waals surface area contributed by atoms with Crippen LogP contribution in [0.4, 0.5) is 0 Å². The van der Waals surface area contributed by atoms with Gasteiger partial charge in [0.1, 0.15) is 0 Å². The molecule has 0 aliphatic carbocycles. The van der Waals surface area contributed by atoms with E-state index in [-0.39, 0.29) is 0 Å². The molecule has 0 saturated heterocycles. The summed E-state index contributed by atoms with van der Waals surface area (Å²) < 4.78 is 25.7. The first kappa shape index (κ1) is 11.2. The zero-order valence-electron chi connectivity index (χ0n) is 7.97. The number of sulfonamides is 1. The fourth-order valence-corrected chi connectivity index (χ4v) is 1.53. The fourth-order valence-electron chi connectivity index (χ4n) is 1.07. The van der Waals surface area contributed by atoms with Crippen molar-refractivity contribution in [1.82, 2.24) is 14.3 Å². The van der Waals surface area contributed by atoms with Crippen molar-refractivity contribution in [1.29, 1.82) is 0 Å². The number of hydrogen-bond acceptors (Lipinski definition) is 4. The summed E-state index contributed by atoms with van der Waals surface area (Å²) in [5.41, 5.74) is 6.34. The number of aromatic nitrogens is 2. The van der Waals surface area contributed by atoms with E-state index in [1.807, 2.05) is 4.57 Å². The molecule has 0 bridgehead atoms. The lowest BCUT2D eigenvalue weighted by Crippen LogP contribution is -2.26. The van der Waals surface area contributed by atoms with Crippen LogP contribution in [0.5, 0.6) is 0 Å². The van der Waals surface area contributed by atoms with E-state index in [2.05, 4.69) is 9.71 Å². The fraction of sp³-hybridized carbons (Fsp3) is 0.571. The second kappa shape index (κ2) is 4.54. The van der Waals surface area contributed by atoms with Gasteiger partial charge in [0.2, 0.25) is 10.0 Å². The highest BCUT2D eigenvalue weighted by Crippen LogP contribution is 1.96. The van der Waals surface area contributed by atoms with Gasteiger partial charge in [-0.25, -0.2) is 18.1 Å². The van der Waals surface area contributed by atoms with Gasteiger partial charge in [0.05, 0.1) is 18.3 Å². The summed E-state index contributed by atoms with van der Waals surface area (Å²) in [4.78, 5) is 3.91. The summed E-state index contributed by atoms with van der Waals surface area (Å²) in [6.45, 7) is 1.29. The number of hydrogen-bond donors (Lipinski definition) is 2. The van der Waals surface area contributed by atoms with Gasteiger partial charge in [0.15, 0.2) is 0 Å². The van der Waals surface area contributed by atoms with Crippen LogP contribution in [0.1, 0.15) is 5.69 Å². The van der Waals surface area contributed by atoms with Crippen LogP contribution in [0.25, 0.3) is 0 Å². The Labute approximate surface area is 83.2 Å². The molecular weight excluding hydrogens is 204 g/mol. The molecule has 0 aliphatic heterocycles. The molecule has 7 heteroatoms. The quantitative estimate of drug-likeness (QED) is 0.656. The molecule has 6 nitrogen and oxygen atoms in total. The van der Waals surface area contributed by atoms with Crippen molar-refractivity contribution in [2.24, 2.45) is 5.73 Å². The molecule has 0 unspecified atom stereocenters. The van der Waals surface area contributed by atoms with Crippen LogP contribution < -0.4 is 10.5 Å². The smallest absolute Gasteiger partial charge is 0.208 e. The van der Waals surface area contributed by atoms with Crippen molar-refractivity contribution >= 4 is 10.0 Å². The molecule has 14 heavy (non-hydrogen) atoms. The van der Waals surface area contributed by atoms with Crippen molar-refractivity contribution in [3.8, 4) is 0 Å². The van der Waals surface area contributed by atoms with Crippen molar-refractivity contribution in [2.45, 2.75) is 13.1 Å². The van der Waals surface area contributed by atoms with E-state index in [0.717, 1.165) is 11.9 Å². The highest BCUT2D eigenvalue weighted by molar-refractivity contribution is 7.88. The molecular formula is C7H14N4O2S. The lowest BCUT2D eigenvalue weighted by Gasteiger charge is -2.06. The van der Waals surface area contributed by atoms with Gasteiger partial charge in [-0.15, -0.1) is 0 Å². The summed E-state index contributed by atoms with van der Waals surface area (Å²) in [6.07, 6.45) is 4.43. The molecule has 0 aliphatic rings. The van der Waals surface area contributed by atoms with Crippen LogP contribution >= 0.6 is 0 Å². The van der Waals surface area contributed by atoms with Crippen molar-refractivity contribution < 1.29 is 8.42 Å². The van der Waals surface area contributed by atoms with Crippen molar-refractivity contribution in [3.05, 3.63) is 18.2 Å². The van der Waals surface area contributed by atoms with Crippen molar-refractivity contribution in [3.63, 3.8) is 0 Å². The first-order valence-electron chi connectivity index (χ1n) is 4.16. The van der Waals surface area contributed by atoms with Gasteiger partial charge in [-0.2, -0.15) is 0 Å². The third-order valence-corrected chi connectivity index (χ3v) is 2.45. The highest BCUT2D eigenvalue weighted by Gasteiger charge is 2.02. The number of nitrogens with two attached hydrogens (primary N) is 1. The van der Waals surface area contributed by atoms with Gasteiger partial charge in [0, 0.05) is 25.8 Å². The molecule has 1 aromatic heterocycles. The summed E-state index contributed by atoms with van der Waals surface area (Å²) in [6, 6.07) is 0. The molecule has 0 aromatic carbocycles. The van der Waals surface area contributed by atoms with E-state index >= 15 is 0 Å². The van der Waals surface area contributed by atoms with E-state index in [0.29, 0.717) is 19.6 Å². The zero-order chi connectivity index (χ0) is 10.6. The van der Waals surface area contributed by atoms with Gasteiger partial charge in [-0.3, -0.25) is 0 Å². The van der Waals surface area contributed by atoms with Crippen LogP contribution in [0, 0.1) is 0 Å². The summed E-state index contributed by atoms with van der Waals surface area (Å²) in [7, 11) is -3.11. The van der Waals surface area contributed by atoms with E-state index in [1.54, 1.807) is 12.5 Å². The maximum Gasteiger partial charge on any atom is 0.208 e. The summed E-state index contributed by atoms with van der Waals surface area (Å²) in [5, 5.41) is 0. The molecule has 0 amide bonds. The van der Waals surface area contributed by atoms with Gasteiger partial charge >= 0.3 is 0 Å². The maximum absolute atomic E-state index is 10.8. The minimum atomic E-state index is -3.11. The number of nitrogens with one attached hydrogen (secondary N) is 1. The average molecular weight is 218 g/mol. The van der Waals surface area contributed by atoms with Crippen LogP contribution in [-0.2, 0) is 23.1 Å². The van der Waals surface area contributed by atoms with E-state index in [4.69, 9.17) is 5.73 Å². The van der Waals surface area contributed by atoms with Gasteiger partial charge in [0.25, 0.3) is 0 Å². The second-order valence-electron chi connectivity index (χ2n) is 2.95. The Hall–Kier alpha value is -0.920. The molecule has 1 heterocycles. The standard InChI is InChI=1S/C7H14N4O2S/c1-14(12,13)10-2-3-11-6-9-5-7(11)4-8/h5-6,10H,2-4,8H2,1H3. The number of nitrogens with zero attached hydrogens (tertiary/aromatic N) is 2. The molecule has 1 aromatic rings. The third-order valence-electron chi connectivity index (χ3n) is 1.72. The molecule has 1 rings (SSSR count). The Balaban J connectivity index is 2.46. The lowest BCUT2D eigenvalue weighted by atomic mass is 10.4. The van der Waals surface area contributed by atoms with Crippen LogP contribution in [-0.4, -0.2) is 30.8 Å². The number of rotatable bonds is 5. The van der Waals surface area contributed by atoms with Crippen molar-refractivity contribution in [2.75, 3.05) is 12.8 Å². The third kappa shape index (κ3) is 3.44. The van der Waals surface area contributed by atoms with Gasteiger partial charge < -0.3 is 10.3 Å². The zero-order valence-corrected chi connectivity index (χ0v) is 8.79. The Kier molecular flexibility index (Phi) is 3.62. The van der Waals surface area contributed by atoms with Gasteiger partial charge in [-0.1, -0.05) is 0 Å². The first-order chi connectivity index (χ1) is 6.53. The molecule has 0 radical (unpaired) electrons. The summed E-state index contributed by atoms with van der Waals surface area (Å²) >= 11 is 0. The van der Waals surface area contributed by atoms with E-state index in [1.165, 1.54) is 0 Å². The maximum atomic E-state index is 10.8. The second-order valence-corrected chi connectivity index (χ2v) is 4.78. The predicted molar refractivity (Wildman–Crippen MR) is 53.0 cm³/mol. The highest BCUT2D eigenvalue weighted by atomic mass is 32.2. The van der Waals surface area contributed by atoms with Crippen LogP contribution in [0.15, 0.2) is 12.5 Å². The van der Waals surface area contributed by atoms with Gasteiger partial charge in [-0.05, 0) is 0 Å². The minimum Gasteiger partial charge on any atom is -0.332 e. The molecule has 0 atom stereocenters. The molecule has 0 saturated carbocycles. The molecule has 0 spiro atoms. The molecule has 3 N–H and O–H groups in total. The van der Waals surface area contributed by atoms with Crippen LogP contribution in [0.2, 0.25) is 0 Å². The van der Waals surface area contributed by atoms with E-state index in [9.17, 15) is 8.42 Å². The molecule has 80 valence electrons. The first-order valence-corrected chi connectivity index (χ1v) is 6.06.